The van der Waals surface area contributed by atoms with E-state index in [0.29, 0.717) is 24.6 Å². The molecule has 0 aliphatic carbocycles. The number of carboxylic acids is 1. The fourth-order valence-corrected chi connectivity index (χ4v) is 6.51. The van der Waals surface area contributed by atoms with Gasteiger partial charge in [0.15, 0.2) is 6.29 Å². The second-order valence-corrected chi connectivity index (χ2v) is 9.87. The molecule has 1 amide bonds. The molecule has 0 spiro atoms. The van der Waals surface area contributed by atoms with Crippen molar-refractivity contribution >= 4 is 29.6 Å². The van der Waals surface area contributed by atoms with Gasteiger partial charge in [0.25, 0.3) is 0 Å². The number of nitrogens with two attached hydrogens (primary N) is 1. The number of esters is 1. The van der Waals surface area contributed by atoms with Gasteiger partial charge in [-0.05, 0) is 13.3 Å². The number of hydrogen-bond donors (Lipinski definition) is 3. The molecule has 4 aliphatic rings. The number of rotatable bonds is 7. The van der Waals surface area contributed by atoms with Crippen LogP contribution in [0.15, 0.2) is 10.6 Å². The summed E-state index contributed by atoms with van der Waals surface area (Å²) in [6, 6.07) is -0.303. The molecule has 10 nitrogen and oxygen atoms in total. The van der Waals surface area contributed by atoms with Gasteiger partial charge in [-0.2, -0.15) is 0 Å². The highest BCUT2D eigenvalue weighted by Crippen LogP contribution is 2.52. The highest BCUT2D eigenvalue weighted by atomic mass is 32.2. The highest BCUT2D eigenvalue weighted by molar-refractivity contribution is 8.03. The summed E-state index contributed by atoms with van der Waals surface area (Å²) in [5.41, 5.74) is 5.70. The Bertz CT molecular complexity index is 806. The minimum atomic E-state index is -1.11. The van der Waals surface area contributed by atoms with Crippen molar-refractivity contribution in [2.45, 2.75) is 63.0 Å². The van der Waals surface area contributed by atoms with Crippen LogP contribution in [0.3, 0.4) is 0 Å². The molecular weight excluding hydrogens is 426 g/mol. The summed E-state index contributed by atoms with van der Waals surface area (Å²) >= 11 is 1.50. The summed E-state index contributed by atoms with van der Waals surface area (Å²) in [5, 5.41) is 13.4. The Morgan fingerprint density at radius 3 is 2.81 bits per heavy atom. The van der Waals surface area contributed by atoms with Gasteiger partial charge >= 0.3 is 11.9 Å². The number of aliphatic carboxylic acids is 1. The molecule has 4 heterocycles. The summed E-state index contributed by atoms with van der Waals surface area (Å²) < 4.78 is 16.7. The zero-order valence-electron chi connectivity index (χ0n) is 17.8. The van der Waals surface area contributed by atoms with Gasteiger partial charge in [0.1, 0.15) is 11.8 Å². The van der Waals surface area contributed by atoms with Gasteiger partial charge in [-0.1, -0.05) is 6.92 Å². The molecule has 4 N–H and O–H groups in total. The van der Waals surface area contributed by atoms with Gasteiger partial charge in [0.05, 0.1) is 30.7 Å². The lowest BCUT2D eigenvalue weighted by Crippen LogP contribution is -2.64. The zero-order chi connectivity index (χ0) is 22.4. The number of β-lactam (4-membered cyclic amide) rings is 1. The SMILES string of the molecule is CC(=O)O[C@H](C)[C@H]1C(=O)N2C(C(=O)O)=C(S[C@@H]3CN[C@H](C4OCC(CN)O4)C3)[C@H](C)[C@H]12. The third kappa shape index (κ3) is 3.97. The molecule has 11 heteroatoms. The van der Waals surface area contributed by atoms with E-state index in [1.807, 2.05) is 6.92 Å². The fourth-order valence-electron chi connectivity index (χ4n) is 5.01. The fraction of sp³-hybridized carbons (Fsp3) is 0.750. The molecule has 172 valence electrons. The molecule has 0 aromatic heterocycles. The maximum absolute atomic E-state index is 12.8. The number of thioether (sulfide) groups is 1. The molecule has 4 rings (SSSR count). The van der Waals surface area contributed by atoms with Crippen LogP contribution in [0, 0.1) is 11.8 Å². The first-order valence-electron chi connectivity index (χ1n) is 10.6. The van der Waals surface area contributed by atoms with Crippen LogP contribution >= 0.6 is 11.8 Å². The standard InChI is InChI=1S/C20H29N3O7S/c1-8-15-14(9(2)29-10(3)24)18(25)23(15)16(19(26)27)17(8)31-12-4-13(22-6-12)20-28-7-11(5-21)30-20/h8-9,11-15,20,22H,4-7,21H2,1-3H3,(H,26,27)/t8-,9-,11?,12+,13+,14-,15-,20?/m1/s1. The van der Waals surface area contributed by atoms with Gasteiger partial charge < -0.3 is 35.3 Å². The minimum Gasteiger partial charge on any atom is -0.477 e. The lowest BCUT2D eigenvalue weighted by Gasteiger charge is -2.47. The smallest absolute Gasteiger partial charge is 0.353 e. The Kier molecular flexibility index (Phi) is 6.32. The molecule has 3 fully saturated rings. The molecule has 2 unspecified atom stereocenters. The number of ether oxygens (including phenoxy) is 3. The Balaban J connectivity index is 1.45. The van der Waals surface area contributed by atoms with Crippen molar-refractivity contribution in [1.29, 1.82) is 0 Å². The summed E-state index contributed by atoms with van der Waals surface area (Å²) in [6.07, 6.45) is -0.302. The highest BCUT2D eigenvalue weighted by Gasteiger charge is 2.61. The van der Waals surface area contributed by atoms with Crippen LogP contribution in [-0.2, 0) is 28.6 Å². The summed E-state index contributed by atoms with van der Waals surface area (Å²) in [5.74, 6) is -2.56. The van der Waals surface area contributed by atoms with Crippen LogP contribution in [-0.4, -0.2) is 83.4 Å². The minimum absolute atomic E-state index is 0.00929. The van der Waals surface area contributed by atoms with Crippen molar-refractivity contribution in [1.82, 2.24) is 10.2 Å². The normalized spacial score (nSPS) is 38.3. The summed E-state index contributed by atoms with van der Waals surface area (Å²) in [6.45, 7) is 6.48. The predicted molar refractivity (Wildman–Crippen MR) is 111 cm³/mol. The van der Waals surface area contributed by atoms with Crippen molar-refractivity contribution < 1.29 is 33.7 Å². The van der Waals surface area contributed by atoms with Crippen LogP contribution in [0.4, 0.5) is 0 Å². The third-order valence-corrected chi connectivity index (χ3v) is 7.94. The van der Waals surface area contributed by atoms with Crippen LogP contribution in [0.1, 0.15) is 27.2 Å². The summed E-state index contributed by atoms with van der Waals surface area (Å²) in [7, 11) is 0. The lowest BCUT2D eigenvalue weighted by atomic mass is 9.79. The number of carbonyl (C=O) groups excluding carboxylic acids is 2. The average molecular weight is 456 g/mol. The maximum atomic E-state index is 12.8. The first-order valence-corrected chi connectivity index (χ1v) is 11.5. The second kappa shape index (κ2) is 8.70. The number of amides is 1. The first kappa shape index (κ1) is 22.5. The van der Waals surface area contributed by atoms with Gasteiger partial charge in [-0.3, -0.25) is 9.59 Å². The molecule has 0 aromatic rings. The molecule has 31 heavy (non-hydrogen) atoms. The Morgan fingerprint density at radius 1 is 1.45 bits per heavy atom. The quantitative estimate of drug-likeness (QED) is 0.351. The van der Waals surface area contributed by atoms with Crippen LogP contribution in [0.25, 0.3) is 0 Å². The predicted octanol–water partition coefficient (Wildman–Crippen LogP) is -0.125. The number of fused-ring (bicyclic) bond motifs is 1. The van der Waals surface area contributed by atoms with Crippen molar-refractivity contribution in [3.8, 4) is 0 Å². The van der Waals surface area contributed by atoms with Gasteiger partial charge in [-0.15, -0.1) is 11.8 Å². The second-order valence-electron chi connectivity index (χ2n) is 8.53. The van der Waals surface area contributed by atoms with E-state index < -0.39 is 24.0 Å². The molecule has 0 radical (unpaired) electrons. The average Bonchev–Trinajstić information content (AvgIpc) is 3.40. The maximum Gasteiger partial charge on any atom is 0.353 e. The number of nitrogens with one attached hydrogen (secondary N) is 1. The van der Waals surface area contributed by atoms with Gasteiger partial charge in [0, 0.05) is 36.1 Å². The Labute approximate surface area is 184 Å². The Morgan fingerprint density at radius 2 is 2.19 bits per heavy atom. The molecule has 0 aromatic carbocycles. The number of carbonyl (C=O) groups is 3. The van der Waals surface area contributed by atoms with E-state index in [4.69, 9.17) is 19.9 Å². The molecule has 4 aliphatic heterocycles. The van der Waals surface area contributed by atoms with E-state index in [9.17, 15) is 19.5 Å². The van der Waals surface area contributed by atoms with E-state index in [1.165, 1.54) is 23.6 Å². The number of nitrogens with zero attached hydrogens (tertiary/aromatic N) is 1. The van der Waals surface area contributed by atoms with Crippen molar-refractivity contribution in [3.63, 3.8) is 0 Å². The molecule has 0 bridgehead atoms. The van der Waals surface area contributed by atoms with E-state index in [0.717, 1.165) is 6.42 Å². The third-order valence-electron chi connectivity index (χ3n) is 6.43. The van der Waals surface area contributed by atoms with Gasteiger partial charge in [-0.25, -0.2) is 4.79 Å². The topological polar surface area (TPSA) is 140 Å². The monoisotopic (exact) mass is 455 g/mol. The first-order chi connectivity index (χ1) is 14.7. The number of hydrogen-bond acceptors (Lipinski definition) is 9. The molecule has 8 atom stereocenters. The van der Waals surface area contributed by atoms with Crippen LogP contribution in [0.2, 0.25) is 0 Å². The van der Waals surface area contributed by atoms with E-state index in [-0.39, 0.29) is 47.2 Å². The van der Waals surface area contributed by atoms with E-state index >= 15 is 0 Å². The van der Waals surface area contributed by atoms with E-state index in [1.54, 1.807) is 6.92 Å². The molecular formula is C20H29N3O7S. The van der Waals surface area contributed by atoms with Crippen molar-refractivity contribution in [2.24, 2.45) is 17.6 Å². The van der Waals surface area contributed by atoms with Crippen molar-refractivity contribution in [2.75, 3.05) is 19.7 Å². The lowest BCUT2D eigenvalue weighted by molar-refractivity contribution is -0.171. The Hall–Kier alpha value is -1.66. The van der Waals surface area contributed by atoms with Gasteiger partial charge in [0.2, 0.25) is 5.91 Å². The van der Waals surface area contributed by atoms with Crippen molar-refractivity contribution in [3.05, 3.63) is 10.6 Å². The van der Waals surface area contributed by atoms with Crippen LogP contribution < -0.4 is 11.1 Å². The largest absolute Gasteiger partial charge is 0.477 e. The number of carboxylic acid groups (broad SMARTS) is 1. The van der Waals surface area contributed by atoms with E-state index in [2.05, 4.69) is 5.32 Å². The zero-order valence-corrected chi connectivity index (χ0v) is 18.6. The van der Waals surface area contributed by atoms with Crippen LogP contribution in [0.5, 0.6) is 0 Å². The molecule has 0 saturated carbocycles. The summed E-state index contributed by atoms with van der Waals surface area (Å²) in [4.78, 5) is 38.2. The molecule has 3 saturated heterocycles.